The number of urea groups is 2. The van der Waals surface area contributed by atoms with Crippen LogP contribution in [-0.4, -0.2) is 83.7 Å². The molecule has 45 heavy (non-hydrogen) atoms. The number of hydrogen-bond acceptors (Lipinski definition) is 9. The van der Waals surface area contributed by atoms with E-state index in [0.29, 0.717) is 57.9 Å². The first kappa shape index (κ1) is 31.4. The third-order valence-corrected chi connectivity index (χ3v) is 7.87. The molecule has 14 heteroatoms. The van der Waals surface area contributed by atoms with E-state index in [1.165, 1.54) is 4.90 Å². The van der Waals surface area contributed by atoms with Crippen molar-refractivity contribution in [2.75, 3.05) is 49.5 Å². The smallest absolute Gasteiger partial charge is 0.323 e. The summed E-state index contributed by atoms with van der Waals surface area (Å²) in [5.41, 5.74) is 2.60. The molecule has 2 aliphatic heterocycles. The molecule has 2 aliphatic rings. The average Bonchev–Trinajstić information content (AvgIpc) is 3.61. The number of carbonyl (C=O) groups is 3. The molecular formula is C31H38N6O8. The molecule has 0 bridgehead atoms. The number of anilines is 3. The zero-order valence-electron chi connectivity index (χ0n) is 25.9. The lowest BCUT2D eigenvalue weighted by molar-refractivity contribution is -0.134. The number of aliphatic hydroxyl groups is 1. The van der Waals surface area contributed by atoms with E-state index in [9.17, 15) is 19.5 Å². The number of hydrogen-bond donors (Lipinski definition) is 4. The van der Waals surface area contributed by atoms with Crippen LogP contribution < -0.4 is 30.2 Å². The standard InChI is InChI=1S/C31H38N6O8/c1-17-13-37(18(2)15-38)28(39)11-21-10-22(32-30(40)33-23-7-9-25-26(12-23)43-16-42-25)6-8-24(21)44-27(17)14-36(5)31(41)34-29-19(3)35-45-20(29)4/h6-10,12,17-18,27,38H,11,13-16H2,1-5H3,(H,34,41)(H2,32,33,40)/t17-,18+,27+/m0/s1. The van der Waals surface area contributed by atoms with Gasteiger partial charge in [0.2, 0.25) is 12.7 Å². The van der Waals surface area contributed by atoms with Crippen LogP contribution in [0.2, 0.25) is 0 Å². The zero-order valence-corrected chi connectivity index (χ0v) is 25.9. The average molecular weight is 623 g/mol. The van der Waals surface area contributed by atoms with Gasteiger partial charge in [-0.3, -0.25) is 4.79 Å². The van der Waals surface area contributed by atoms with Crippen LogP contribution in [0.3, 0.4) is 0 Å². The van der Waals surface area contributed by atoms with Crippen LogP contribution in [0.4, 0.5) is 26.7 Å². The van der Waals surface area contributed by atoms with E-state index in [2.05, 4.69) is 21.1 Å². The number of aliphatic hydroxyl groups excluding tert-OH is 1. The molecule has 0 spiro atoms. The van der Waals surface area contributed by atoms with Crippen LogP contribution in [0.25, 0.3) is 0 Å². The molecule has 0 saturated carbocycles. The van der Waals surface area contributed by atoms with E-state index in [0.717, 1.165) is 0 Å². The van der Waals surface area contributed by atoms with Crippen LogP contribution in [0.5, 0.6) is 17.2 Å². The molecule has 0 saturated heterocycles. The molecular weight excluding hydrogens is 584 g/mol. The fourth-order valence-electron chi connectivity index (χ4n) is 5.21. The number of ether oxygens (including phenoxy) is 3. The number of amides is 5. The molecule has 1 aromatic heterocycles. The Morgan fingerprint density at radius 2 is 1.76 bits per heavy atom. The van der Waals surface area contributed by atoms with E-state index in [1.807, 2.05) is 6.92 Å². The molecule has 2 aromatic carbocycles. The van der Waals surface area contributed by atoms with Crippen molar-refractivity contribution in [1.29, 1.82) is 0 Å². The highest BCUT2D eigenvalue weighted by Crippen LogP contribution is 2.34. The summed E-state index contributed by atoms with van der Waals surface area (Å²) in [6.45, 7) is 7.60. The van der Waals surface area contributed by atoms with Crippen LogP contribution in [0.1, 0.15) is 30.9 Å². The Hall–Kier alpha value is -4.98. The fourth-order valence-corrected chi connectivity index (χ4v) is 5.21. The molecule has 5 rings (SSSR count). The minimum atomic E-state index is -0.517. The first-order valence-electron chi connectivity index (χ1n) is 14.6. The van der Waals surface area contributed by atoms with Gasteiger partial charge < -0.3 is 49.6 Å². The minimum absolute atomic E-state index is 0.0131. The summed E-state index contributed by atoms with van der Waals surface area (Å²) < 4.78 is 22.3. The first-order valence-corrected chi connectivity index (χ1v) is 14.6. The Labute approximate surface area is 260 Å². The van der Waals surface area contributed by atoms with Crippen molar-refractivity contribution in [3.63, 3.8) is 0 Å². The normalized spacial score (nSPS) is 18.1. The number of likely N-dealkylation sites (N-methyl/N-ethyl adjacent to an activating group) is 1. The van der Waals surface area contributed by atoms with E-state index < -0.39 is 18.2 Å². The van der Waals surface area contributed by atoms with Gasteiger partial charge in [0.1, 0.15) is 23.2 Å². The van der Waals surface area contributed by atoms with E-state index in [4.69, 9.17) is 18.7 Å². The molecule has 3 heterocycles. The molecule has 3 atom stereocenters. The summed E-state index contributed by atoms with van der Waals surface area (Å²) in [6, 6.07) is 8.87. The monoisotopic (exact) mass is 622 g/mol. The molecule has 0 unspecified atom stereocenters. The Morgan fingerprint density at radius 1 is 1.07 bits per heavy atom. The number of carbonyl (C=O) groups excluding carboxylic acids is 3. The highest BCUT2D eigenvalue weighted by molar-refractivity contribution is 6.00. The Morgan fingerprint density at radius 3 is 2.44 bits per heavy atom. The second kappa shape index (κ2) is 13.3. The third kappa shape index (κ3) is 7.23. The highest BCUT2D eigenvalue weighted by Gasteiger charge is 2.32. The Kier molecular flexibility index (Phi) is 9.32. The van der Waals surface area contributed by atoms with E-state index in [-0.39, 0.29) is 44.2 Å². The number of rotatable bonds is 7. The molecule has 5 amide bonds. The minimum Gasteiger partial charge on any atom is -0.488 e. The van der Waals surface area contributed by atoms with Crippen molar-refractivity contribution >= 4 is 35.0 Å². The molecule has 0 fully saturated rings. The lowest BCUT2D eigenvalue weighted by atomic mass is 10.0. The van der Waals surface area contributed by atoms with Crippen molar-refractivity contribution in [2.45, 2.75) is 46.3 Å². The number of aromatic nitrogens is 1. The number of fused-ring (bicyclic) bond motifs is 2. The maximum absolute atomic E-state index is 13.5. The quantitative estimate of drug-likeness (QED) is 0.305. The molecule has 240 valence electrons. The van der Waals surface area contributed by atoms with Gasteiger partial charge in [-0.05, 0) is 51.1 Å². The topological polar surface area (TPSA) is 168 Å². The summed E-state index contributed by atoms with van der Waals surface area (Å²) in [5.74, 6) is 1.69. The molecule has 0 aliphatic carbocycles. The van der Waals surface area contributed by atoms with E-state index >= 15 is 0 Å². The predicted octanol–water partition coefficient (Wildman–Crippen LogP) is 3.98. The van der Waals surface area contributed by atoms with Crippen molar-refractivity contribution < 1.29 is 38.2 Å². The lowest BCUT2D eigenvalue weighted by Gasteiger charge is -2.34. The van der Waals surface area contributed by atoms with Gasteiger partial charge in [0.05, 0.1) is 25.6 Å². The predicted molar refractivity (Wildman–Crippen MR) is 165 cm³/mol. The van der Waals surface area contributed by atoms with Crippen LogP contribution in [0, 0.1) is 19.8 Å². The van der Waals surface area contributed by atoms with Gasteiger partial charge in [-0.1, -0.05) is 12.1 Å². The van der Waals surface area contributed by atoms with Gasteiger partial charge in [0.15, 0.2) is 17.3 Å². The lowest BCUT2D eigenvalue weighted by Crippen LogP contribution is -2.48. The van der Waals surface area contributed by atoms with Crippen molar-refractivity contribution in [2.24, 2.45) is 5.92 Å². The highest BCUT2D eigenvalue weighted by atomic mass is 16.7. The molecule has 14 nitrogen and oxygen atoms in total. The van der Waals surface area contributed by atoms with Crippen LogP contribution >= 0.6 is 0 Å². The summed E-state index contributed by atoms with van der Waals surface area (Å²) in [4.78, 5) is 42.6. The Bertz CT molecular complexity index is 1560. The SMILES string of the molecule is Cc1noc(C)c1NC(=O)N(C)C[C@H]1Oc2ccc(NC(=O)Nc3ccc4c(c3)OCO4)cc2CC(=O)N([C@H](C)CO)C[C@@H]1C. The van der Waals surface area contributed by atoms with E-state index in [1.54, 1.807) is 69.1 Å². The zero-order chi connectivity index (χ0) is 32.2. The van der Waals surface area contributed by atoms with Gasteiger partial charge in [0.25, 0.3) is 0 Å². The van der Waals surface area contributed by atoms with Crippen LogP contribution in [0.15, 0.2) is 40.9 Å². The summed E-state index contributed by atoms with van der Waals surface area (Å²) >= 11 is 0. The number of aryl methyl sites for hydroxylation is 2. The second-order valence-electron chi connectivity index (χ2n) is 11.4. The van der Waals surface area contributed by atoms with Gasteiger partial charge in [-0.15, -0.1) is 0 Å². The summed E-state index contributed by atoms with van der Waals surface area (Å²) in [5, 5.41) is 22.2. The largest absolute Gasteiger partial charge is 0.488 e. The molecule has 4 N–H and O–H groups in total. The fraction of sp³-hybridized carbons (Fsp3) is 0.419. The third-order valence-electron chi connectivity index (χ3n) is 7.87. The summed E-state index contributed by atoms with van der Waals surface area (Å²) in [6.07, 6.45) is -0.530. The maximum atomic E-state index is 13.5. The van der Waals surface area contributed by atoms with Crippen molar-refractivity contribution in [3.8, 4) is 17.2 Å². The van der Waals surface area contributed by atoms with Gasteiger partial charge >= 0.3 is 12.1 Å². The van der Waals surface area contributed by atoms with Crippen molar-refractivity contribution in [3.05, 3.63) is 53.4 Å². The molecule has 3 aromatic rings. The number of nitrogens with one attached hydrogen (secondary N) is 3. The summed E-state index contributed by atoms with van der Waals surface area (Å²) in [7, 11) is 1.65. The molecule has 0 radical (unpaired) electrons. The van der Waals surface area contributed by atoms with Gasteiger partial charge in [-0.2, -0.15) is 0 Å². The van der Waals surface area contributed by atoms with Crippen LogP contribution in [-0.2, 0) is 11.2 Å². The van der Waals surface area contributed by atoms with Crippen molar-refractivity contribution in [1.82, 2.24) is 15.0 Å². The number of benzene rings is 2. The Balaban J connectivity index is 1.35. The van der Waals surface area contributed by atoms with Gasteiger partial charge in [-0.25, -0.2) is 9.59 Å². The second-order valence-corrected chi connectivity index (χ2v) is 11.4. The maximum Gasteiger partial charge on any atom is 0.323 e. The number of nitrogens with zero attached hydrogens (tertiary/aromatic N) is 3. The van der Waals surface area contributed by atoms with Gasteiger partial charge in [0, 0.05) is 42.5 Å². The first-order chi connectivity index (χ1) is 21.5.